The van der Waals surface area contributed by atoms with Crippen LogP contribution in [0, 0.1) is 6.92 Å². The van der Waals surface area contributed by atoms with Crippen molar-refractivity contribution in [2.24, 2.45) is 0 Å². The van der Waals surface area contributed by atoms with E-state index in [1.165, 1.54) is 18.4 Å². The Labute approximate surface area is 87.5 Å². The van der Waals surface area contributed by atoms with Crippen LogP contribution in [0.2, 0.25) is 5.02 Å². The van der Waals surface area contributed by atoms with Crippen LogP contribution in [0.3, 0.4) is 0 Å². The number of carbonyl (C=O) groups is 1. The summed E-state index contributed by atoms with van der Waals surface area (Å²) in [7, 11) is 0. The molecule has 2 rings (SSSR count). The zero-order valence-corrected chi connectivity index (χ0v) is 8.64. The van der Waals surface area contributed by atoms with Gasteiger partial charge in [-0.15, -0.1) is 0 Å². The third-order valence-electron chi connectivity index (χ3n) is 2.57. The van der Waals surface area contributed by atoms with Gasteiger partial charge in [0.25, 0.3) is 0 Å². The van der Waals surface area contributed by atoms with Crippen molar-refractivity contribution >= 4 is 17.6 Å². The van der Waals surface area contributed by atoms with Gasteiger partial charge in [0.1, 0.15) is 0 Å². The first-order chi connectivity index (χ1) is 6.59. The molecule has 0 amide bonds. The fraction of sp³-hybridized carbons (Fsp3) is 0.364. The minimum absolute atomic E-state index is 0.232. The van der Waals surface area contributed by atoms with Crippen molar-refractivity contribution in [3.63, 3.8) is 0 Å². The Hall–Kier alpha value is -1.02. The van der Waals surface area contributed by atoms with Crippen LogP contribution in [0.1, 0.15) is 40.2 Å². The molecular formula is C11H11ClO2. The Bertz CT molecular complexity index is 371. The summed E-state index contributed by atoms with van der Waals surface area (Å²) in [6, 6.07) is 3.72. The lowest BCUT2D eigenvalue weighted by Crippen LogP contribution is -2.01. The van der Waals surface area contributed by atoms with E-state index >= 15 is 0 Å². The Kier molecular flexibility index (Phi) is 2.23. The fourth-order valence-corrected chi connectivity index (χ4v) is 2.05. The van der Waals surface area contributed by atoms with Gasteiger partial charge in [-0.3, -0.25) is 0 Å². The van der Waals surface area contributed by atoms with Gasteiger partial charge in [-0.25, -0.2) is 4.79 Å². The minimum atomic E-state index is -0.949. The molecule has 1 fully saturated rings. The molecule has 1 N–H and O–H groups in total. The second-order valence-electron chi connectivity index (χ2n) is 3.77. The molecule has 1 aliphatic rings. The number of benzene rings is 1. The van der Waals surface area contributed by atoms with Gasteiger partial charge >= 0.3 is 5.97 Å². The molecule has 1 aliphatic carbocycles. The number of hydrogen-bond donors (Lipinski definition) is 1. The van der Waals surface area contributed by atoms with Gasteiger partial charge in [0.15, 0.2) is 0 Å². The number of aromatic carboxylic acids is 1. The number of carboxylic acid groups (broad SMARTS) is 1. The van der Waals surface area contributed by atoms with Crippen molar-refractivity contribution in [2.75, 3.05) is 0 Å². The fourth-order valence-electron chi connectivity index (χ4n) is 1.69. The maximum absolute atomic E-state index is 10.9. The van der Waals surface area contributed by atoms with Crippen molar-refractivity contribution in [1.82, 2.24) is 0 Å². The first kappa shape index (κ1) is 9.53. The normalized spacial score (nSPS) is 15.6. The molecule has 0 radical (unpaired) electrons. The van der Waals surface area contributed by atoms with E-state index in [-0.39, 0.29) is 5.56 Å². The zero-order valence-electron chi connectivity index (χ0n) is 7.88. The highest BCUT2D eigenvalue weighted by atomic mass is 35.5. The lowest BCUT2D eigenvalue weighted by Gasteiger charge is -2.06. The first-order valence-corrected chi connectivity index (χ1v) is 5.00. The van der Waals surface area contributed by atoms with Crippen LogP contribution in [-0.4, -0.2) is 11.1 Å². The molecule has 74 valence electrons. The largest absolute Gasteiger partial charge is 0.478 e. The number of hydrogen-bond acceptors (Lipinski definition) is 1. The Morgan fingerprint density at radius 3 is 2.57 bits per heavy atom. The van der Waals surface area contributed by atoms with Gasteiger partial charge in [-0.2, -0.15) is 0 Å². The van der Waals surface area contributed by atoms with Crippen LogP contribution in [0.4, 0.5) is 0 Å². The monoisotopic (exact) mass is 210 g/mol. The number of aryl methyl sites for hydroxylation is 1. The summed E-state index contributed by atoms with van der Waals surface area (Å²) in [5.74, 6) is -0.344. The molecule has 0 bridgehead atoms. The zero-order chi connectivity index (χ0) is 10.3. The SMILES string of the molecule is Cc1cc(C2CC2)cc(Cl)c1C(=O)O. The molecular weight excluding hydrogens is 200 g/mol. The van der Waals surface area contributed by atoms with Gasteiger partial charge in [0, 0.05) is 0 Å². The van der Waals surface area contributed by atoms with Crippen LogP contribution < -0.4 is 0 Å². The molecule has 0 atom stereocenters. The number of halogens is 1. The van der Waals surface area contributed by atoms with Crippen LogP contribution in [0.25, 0.3) is 0 Å². The topological polar surface area (TPSA) is 37.3 Å². The first-order valence-electron chi connectivity index (χ1n) is 4.63. The smallest absolute Gasteiger partial charge is 0.337 e. The van der Waals surface area contributed by atoms with Crippen molar-refractivity contribution in [2.45, 2.75) is 25.7 Å². The van der Waals surface area contributed by atoms with Crippen molar-refractivity contribution in [3.05, 3.63) is 33.8 Å². The molecule has 0 aliphatic heterocycles. The predicted octanol–water partition coefficient (Wildman–Crippen LogP) is 3.22. The van der Waals surface area contributed by atoms with Crippen LogP contribution in [-0.2, 0) is 0 Å². The van der Waals surface area contributed by atoms with Crippen LogP contribution in [0.5, 0.6) is 0 Å². The minimum Gasteiger partial charge on any atom is -0.478 e. The number of carboxylic acids is 1. The van der Waals surface area contributed by atoms with E-state index in [1.807, 2.05) is 6.07 Å². The van der Waals surface area contributed by atoms with E-state index < -0.39 is 5.97 Å². The molecule has 1 aromatic rings. The third kappa shape index (κ3) is 1.62. The summed E-state index contributed by atoms with van der Waals surface area (Å²) in [5, 5.41) is 9.27. The van der Waals surface area contributed by atoms with E-state index in [0.29, 0.717) is 10.9 Å². The molecule has 1 saturated carbocycles. The number of rotatable bonds is 2. The third-order valence-corrected chi connectivity index (χ3v) is 2.87. The molecule has 3 heteroatoms. The quantitative estimate of drug-likeness (QED) is 0.814. The Balaban J connectivity index is 2.49. The molecule has 1 aromatic carbocycles. The summed E-state index contributed by atoms with van der Waals surface area (Å²) in [5.41, 5.74) is 2.17. The van der Waals surface area contributed by atoms with Gasteiger partial charge in [0.05, 0.1) is 10.6 Å². The van der Waals surface area contributed by atoms with E-state index in [0.717, 1.165) is 5.56 Å². The van der Waals surface area contributed by atoms with E-state index in [2.05, 4.69) is 0 Å². The molecule has 2 nitrogen and oxygen atoms in total. The second-order valence-corrected chi connectivity index (χ2v) is 4.18. The average molecular weight is 211 g/mol. The van der Waals surface area contributed by atoms with Gasteiger partial charge in [-0.1, -0.05) is 17.7 Å². The summed E-state index contributed by atoms with van der Waals surface area (Å²) in [6.45, 7) is 1.79. The van der Waals surface area contributed by atoms with Crippen LogP contribution in [0.15, 0.2) is 12.1 Å². The lowest BCUT2D eigenvalue weighted by atomic mass is 10.0. The highest BCUT2D eigenvalue weighted by Crippen LogP contribution is 2.41. The van der Waals surface area contributed by atoms with Gasteiger partial charge in [0.2, 0.25) is 0 Å². The molecule has 0 spiro atoms. The maximum Gasteiger partial charge on any atom is 0.337 e. The van der Waals surface area contributed by atoms with Crippen molar-refractivity contribution in [1.29, 1.82) is 0 Å². The summed E-state index contributed by atoms with van der Waals surface area (Å²) < 4.78 is 0. The molecule has 0 unspecified atom stereocenters. The lowest BCUT2D eigenvalue weighted by molar-refractivity contribution is 0.0696. The standard InChI is InChI=1S/C11H11ClO2/c1-6-4-8(7-2-3-7)5-9(12)10(6)11(13)14/h4-5,7H,2-3H2,1H3,(H,13,14). The van der Waals surface area contributed by atoms with Crippen molar-refractivity contribution in [3.8, 4) is 0 Å². The molecule has 14 heavy (non-hydrogen) atoms. The predicted molar refractivity (Wildman–Crippen MR) is 55.1 cm³/mol. The van der Waals surface area contributed by atoms with Crippen molar-refractivity contribution < 1.29 is 9.90 Å². The summed E-state index contributed by atoms with van der Waals surface area (Å²) >= 11 is 5.92. The Morgan fingerprint density at radius 2 is 2.14 bits per heavy atom. The molecule has 0 heterocycles. The van der Waals surface area contributed by atoms with E-state index in [4.69, 9.17) is 16.7 Å². The molecule has 0 aromatic heterocycles. The van der Waals surface area contributed by atoms with E-state index in [9.17, 15) is 4.79 Å². The second kappa shape index (κ2) is 3.28. The van der Waals surface area contributed by atoms with E-state index in [1.54, 1.807) is 13.0 Å². The Morgan fingerprint density at radius 1 is 1.50 bits per heavy atom. The average Bonchev–Trinajstić information content (AvgIpc) is 2.83. The summed E-state index contributed by atoms with van der Waals surface area (Å²) in [6.07, 6.45) is 2.39. The van der Waals surface area contributed by atoms with Crippen LogP contribution >= 0.6 is 11.6 Å². The maximum atomic E-state index is 10.9. The molecule has 0 saturated heterocycles. The highest BCUT2D eigenvalue weighted by molar-refractivity contribution is 6.33. The van der Waals surface area contributed by atoms with Gasteiger partial charge < -0.3 is 5.11 Å². The highest BCUT2D eigenvalue weighted by Gasteiger charge is 2.25. The van der Waals surface area contributed by atoms with Gasteiger partial charge in [-0.05, 0) is 42.9 Å². The summed E-state index contributed by atoms with van der Waals surface area (Å²) in [4.78, 5) is 10.9.